The molecule has 0 amide bonds. The molecular formula is C18H30O2Si. The Bertz CT molecular complexity index is 486. The van der Waals surface area contributed by atoms with Crippen molar-refractivity contribution in [2.45, 2.75) is 59.4 Å². The molecule has 0 unspecified atom stereocenters. The summed E-state index contributed by atoms with van der Waals surface area (Å²) >= 11 is 0. The molecule has 3 heteroatoms. The van der Waals surface area contributed by atoms with E-state index in [2.05, 4.69) is 58.6 Å². The van der Waals surface area contributed by atoms with Crippen molar-refractivity contribution in [1.82, 2.24) is 0 Å². The van der Waals surface area contributed by atoms with Gasteiger partial charge in [-0.05, 0) is 55.3 Å². The predicted octanol–water partition coefficient (Wildman–Crippen LogP) is 4.75. The van der Waals surface area contributed by atoms with Crippen LogP contribution in [0.2, 0.25) is 19.6 Å². The lowest BCUT2D eigenvalue weighted by Gasteiger charge is -2.53. The average Bonchev–Trinajstić information content (AvgIpc) is 2.80. The number of allylic oxidation sites excluding steroid dienone is 3. The molecule has 0 N–H and O–H groups in total. The summed E-state index contributed by atoms with van der Waals surface area (Å²) in [6.07, 6.45) is 9.78. The van der Waals surface area contributed by atoms with Crippen molar-refractivity contribution in [2.24, 2.45) is 22.7 Å². The van der Waals surface area contributed by atoms with Crippen LogP contribution in [0.1, 0.15) is 33.6 Å². The molecular weight excluding hydrogens is 276 g/mol. The molecule has 2 nitrogen and oxygen atoms in total. The zero-order valence-corrected chi connectivity index (χ0v) is 15.4. The van der Waals surface area contributed by atoms with Crippen molar-refractivity contribution in [3.05, 3.63) is 24.0 Å². The first-order valence-electron chi connectivity index (χ1n) is 8.33. The Hall–Kier alpha value is -0.543. The van der Waals surface area contributed by atoms with Crippen molar-refractivity contribution in [3.63, 3.8) is 0 Å². The smallest absolute Gasteiger partial charge is 0.241 e. The van der Waals surface area contributed by atoms with E-state index in [1.165, 1.54) is 0 Å². The van der Waals surface area contributed by atoms with Gasteiger partial charge in [-0.1, -0.05) is 32.9 Å². The fraction of sp³-hybridized carbons (Fsp3) is 0.778. The first kappa shape index (κ1) is 15.4. The van der Waals surface area contributed by atoms with Crippen LogP contribution in [0.4, 0.5) is 0 Å². The van der Waals surface area contributed by atoms with Crippen molar-refractivity contribution in [1.29, 1.82) is 0 Å². The molecule has 0 aromatic carbocycles. The highest BCUT2D eigenvalue weighted by molar-refractivity contribution is 6.70. The average molecular weight is 307 g/mol. The molecule has 0 spiro atoms. The molecule has 1 aliphatic heterocycles. The van der Waals surface area contributed by atoms with E-state index in [0.29, 0.717) is 17.3 Å². The van der Waals surface area contributed by atoms with E-state index in [4.69, 9.17) is 9.16 Å². The number of fused-ring (bicyclic) bond motifs is 3. The number of hydrogen-bond donors (Lipinski definition) is 0. The Labute approximate surface area is 130 Å². The van der Waals surface area contributed by atoms with E-state index in [9.17, 15) is 0 Å². The van der Waals surface area contributed by atoms with Crippen LogP contribution in [-0.2, 0) is 9.16 Å². The van der Waals surface area contributed by atoms with E-state index in [1.807, 2.05) is 0 Å². The largest absolute Gasteiger partial charge is 0.546 e. The number of ether oxygens (including phenoxy) is 1. The van der Waals surface area contributed by atoms with Gasteiger partial charge in [0.25, 0.3) is 0 Å². The van der Waals surface area contributed by atoms with Crippen LogP contribution >= 0.6 is 0 Å². The van der Waals surface area contributed by atoms with Gasteiger partial charge in [0, 0.05) is 12.5 Å². The van der Waals surface area contributed by atoms with Gasteiger partial charge in [0.05, 0.1) is 0 Å². The number of hydrogen-bond acceptors (Lipinski definition) is 2. The normalized spacial score (nSPS) is 41.2. The second kappa shape index (κ2) is 4.72. The summed E-state index contributed by atoms with van der Waals surface area (Å²) < 4.78 is 12.5. The second-order valence-corrected chi connectivity index (χ2v) is 13.3. The molecule has 0 aromatic rings. The minimum Gasteiger partial charge on any atom is -0.546 e. The minimum atomic E-state index is -1.60. The molecule has 1 fully saturated rings. The molecule has 21 heavy (non-hydrogen) atoms. The van der Waals surface area contributed by atoms with Crippen LogP contribution in [-0.4, -0.2) is 21.0 Å². The summed E-state index contributed by atoms with van der Waals surface area (Å²) in [6.45, 7) is 14.9. The highest BCUT2D eigenvalue weighted by Crippen LogP contribution is 2.59. The second-order valence-electron chi connectivity index (χ2n) is 8.91. The van der Waals surface area contributed by atoms with E-state index >= 15 is 0 Å². The molecule has 3 rings (SSSR count). The SMILES string of the molecule is CC1(C)CC=C[C@]2(C)[C@@H]3CCO[C@H]3C(O[Si](C)(C)C)=C[C@H]12. The molecule has 118 valence electrons. The van der Waals surface area contributed by atoms with Crippen LogP contribution in [0.25, 0.3) is 0 Å². The first-order chi connectivity index (χ1) is 9.63. The zero-order chi connectivity index (χ0) is 15.5. The Balaban J connectivity index is 2.05. The Morgan fingerprint density at radius 1 is 1.24 bits per heavy atom. The third kappa shape index (κ3) is 2.53. The summed E-state index contributed by atoms with van der Waals surface area (Å²) in [4.78, 5) is 0. The fourth-order valence-corrected chi connectivity index (χ4v) is 5.55. The third-order valence-corrected chi connectivity index (χ3v) is 6.41. The maximum absolute atomic E-state index is 6.43. The molecule has 0 saturated carbocycles. The monoisotopic (exact) mass is 306 g/mol. The summed E-state index contributed by atoms with van der Waals surface area (Å²) in [5.41, 5.74) is 0.514. The summed E-state index contributed by atoms with van der Waals surface area (Å²) in [6, 6.07) is 0. The topological polar surface area (TPSA) is 18.5 Å². The lowest BCUT2D eigenvalue weighted by molar-refractivity contribution is -0.00546. The van der Waals surface area contributed by atoms with Crippen LogP contribution in [0, 0.1) is 22.7 Å². The van der Waals surface area contributed by atoms with Gasteiger partial charge in [0.2, 0.25) is 8.32 Å². The predicted molar refractivity (Wildman–Crippen MR) is 89.5 cm³/mol. The van der Waals surface area contributed by atoms with Crippen LogP contribution in [0.15, 0.2) is 24.0 Å². The molecule has 0 aromatic heterocycles. The Morgan fingerprint density at radius 2 is 1.95 bits per heavy atom. The van der Waals surface area contributed by atoms with E-state index < -0.39 is 8.32 Å². The van der Waals surface area contributed by atoms with Gasteiger partial charge in [-0.3, -0.25) is 0 Å². The molecule has 1 saturated heterocycles. The van der Waals surface area contributed by atoms with Gasteiger partial charge in [-0.2, -0.15) is 0 Å². The Morgan fingerprint density at radius 3 is 2.62 bits per heavy atom. The van der Waals surface area contributed by atoms with E-state index in [1.54, 1.807) is 0 Å². The van der Waals surface area contributed by atoms with Gasteiger partial charge in [-0.15, -0.1) is 0 Å². The third-order valence-electron chi connectivity index (χ3n) is 5.56. The highest BCUT2D eigenvalue weighted by Gasteiger charge is 2.55. The van der Waals surface area contributed by atoms with Crippen molar-refractivity contribution in [3.8, 4) is 0 Å². The van der Waals surface area contributed by atoms with Crippen molar-refractivity contribution < 1.29 is 9.16 Å². The standard InChI is InChI=1S/C18H30O2Si/c1-17(2)9-7-10-18(3)13-8-11-19-16(13)14(12-15(17)18)20-21(4,5)6/h7,10,12-13,15-16H,8-9,11H2,1-6H3/t13-,15-,16-,18-/m1/s1. The van der Waals surface area contributed by atoms with Gasteiger partial charge in [0.1, 0.15) is 11.9 Å². The first-order valence-corrected chi connectivity index (χ1v) is 11.7. The quantitative estimate of drug-likeness (QED) is 0.541. The fourth-order valence-electron chi connectivity index (χ4n) is 4.66. The maximum Gasteiger partial charge on any atom is 0.241 e. The molecule has 2 aliphatic carbocycles. The highest BCUT2D eigenvalue weighted by atomic mass is 28.4. The van der Waals surface area contributed by atoms with Gasteiger partial charge in [0.15, 0.2) is 0 Å². The van der Waals surface area contributed by atoms with Crippen molar-refractivity contribution >= 4 is 8.32 Å². The van der Waals surface area contributed by atoms with Crippen LogP contribution in [0.5, 0.6) is 0 Å². The lowest BCUT2D eigenvalue weighted by atomic mass is 9.52. The number of rotatable bonds is 2. The molecule has 3 aliphatic rings. The molecule has 4 atom stereocenters. The summed E-state index contributed by atoms with van der Waals surface area (Å²) in [7, 11) is -1.60. The van der Waals surface area contributed by atoms with E-state index in [0.717, 1.165) is 25.2 Å². The summed E-state index contributed by atoms with van der Waals surface area (Å²) in [5, 5.41) is 0. The van der Waals surface area contributed by atoms with Crippen LogP contribution < -0.4 is 0 Å². The Kier molecular flexibility index (Phi) is 3.45. The summed E-state index contributed by atoms with van der Waals surface area (Å²) in [5.74, 6) is 2.25. The van der Waals surface area contributed by atoms with Gasteiger partial charge < -0.3 is 9.16 Å². The lowest BCUT2D eigenvalue weighted by Crippen LogP contribution is -2.50. The van der Waals surface area contributed by atoms with E-state index in [-0.39, 0.29) is 11.5 Å². The van der Waals surface area contributed by atoms with Gasteiger partial charge in [-0.25, -0.2) is 0 Å². The zero-order valence-electron chi connectivity index (χ0n) is 14.4. The van der Waals surface area contributed by atoms with Gasteiger partial charge >= 0.3 is 0 Å². The maximum atomic E-state index is 6.43. The molecule has 1 heterocycles. The molecule has 0 bridgehead atoms. The van der Waals surface area contributed by atoms with Crippen molar-refractivity contribution in [2.75, 3.05) is 6.61 Å². The van der Waals surface area contributed by atoms with Crippen LogP contribution in [0.3, 0.4) is 0 Å². The minimum absolute atomic E-state index is 0.177. The molecule has 0 radical (unpaired) electrons.